The van der Waals surface area contributed by atoms with Gasteiger partial charge in [0, 0.05) is 30.4 Å². The highest BCUT2D eigenvalue weighted by molar-refractivity contribution is 5.94. The molecule has 1 amide bonds. The average molecular weight is 276 g/mol. The van der Waals surface area contributed by atoms with E-state index in [4.69, 9.17) is 4.74 Å². The monoisotopic (exact) mass is 276 g/mol. The van der Waals surface area contributed by atoms with E-state index in [1.54, 1.807) is 0 Å². The summed E-state index contributed by atoms with van der Waals surface area (Å²) in [7, 11) is 0. The summed E-state index contributed by atoms with van der Waals surface area (Å²) in [5.41, 5.74) is 1.60. The molecule has 1 aliphatic rings. The summed E-state index contributed by atoms with van der Waals surface area (Å²) in [5.74, 6) is -0.00394. The number of benzene rings is 1. The van der Waals surface area contributed by atoms with E-state index in [0.717, 1.165) is 25.1 Å². The Morgan fingerprint density at radius 2 is 2.05 bits per heavy atom. The minimum absolute atomic E-state index is 0.00394. The Kier molecular flexibility index (Phi) is 4.65. The van der Waals surface area contributed by atoms with Crippen LogP contribution in [0, 0.1) is 0 Å². The van der Waals surface area contributed by atoms with Gasteiger partial charge < -0.3 is 15.4 Å². The lowest BCUT2D eigenvalue weighted by atomic mass is 9.94. The molecule has 0 spiro atoms. The van der Waals surface area contributed by atoms with Crippen molar-refractivity contribution in [2.24, 2.45) is 0 Å². The maximum absolute atomic E-state index is 12.2. The summed E-state index contributed by atoms with van der Waals surface area (Å²) in [4.78, 5) is 12.2. The molecular formula is C16H24N2O2. The van der Waals surface area contributed by atoms with Crippen molar-refractivity contribution in [2.75, 3.05) is 18.5 Å². The van der Waals surface area contributed by atoms with E-state index >= 15 is 0 Å². The predicted octanol–water partition coefficient (Wildman–Crippen LogP) is 2.81. The highest BCUT2D eigenvalue weighted by atomic mass is 16.5. The molecule has 1 heterocycles. The Hall–Kier alpha value is -1.55. The molecule has 0 aromatic heterocycles. The molecule has 1 saturated heterocycles. The number of nitrogens with one attached hydrogen (secondary N) is 2. The summed E-state index contributed by atoms with van der Waals surface area (Å²) >= 11 is 0. The lowest BCUT2D eigenvalue weighted by molar-refractivity contribution is -0.0615. The van der Waals surface area contributed by atoms with Crippen LogP contribution >= 0.6 is 0 Å². The summed E-state index contributed by atoms with van der Waals surface area (Å²) in [6.45, 7) is 7.76. The van der Waals surface area contributed by atoms with E-state index in [-0.39, 0.29) is 17.6 Å². The second-order valence-corrected chi connectivity index (χ2v) is 5.88. The van der Waals surface area contributed by atoms with Crippen LogP contribution in [-0.2, 0) is 4.74 Å². The van der Waals surface area contributed by atoms with Crippen molar-refractivity contribution in [3.05, 3.63) is 29.8 Å². The summed E-state index contributed by atoms with van der Waals surface area (Å²) in [6, 6.07) is 7.79. The lowest BCUT2D eigenvalue weighted by Crippen LogP contribution is -2.45. The van der Waals surface area contributed by atoms with Crippen molar-refractivity contribution in [3.63, 3.8) is 0 Å². The van der Waals surface area contributed by atoms with Crippen molar-refractivity contribution in [3.8, 4) is 0 Å². The van der Waals surface area contributed by atoms with Gasteiger partial charge in [0.2, 0.25) is 0 Å². The highest BCUT2D eigenvalue weighted by Gasteiger charge is 2.29. The van der Waals surface area contributed by atoms with Crippen molar-refractivity contribution < 1.29 is 9.53 Å². The molecule has 1 atom stereocenters. The zero-order valence-corrected chi connectivity index (χ0v) is 12.5. The van der Waals surface area contributed by atoms with Crippen LogP contribution in [-0.4, -0.2) is 30.7 Å². The molecule has 1 aliphatic heterocycles. The van der Waals surface area contributed by atoms with Crippen LogP contribution in [0.4, 0.5) is 5.69 Å². The van der Waals surface area contributed by atoms with Crippen LogP contribution in [0.15, 0.2) is 24.3 Å². The molecule has 1 fully saturated rings. The molecule has 2 N–H and O–H groups in total. The number of anilines is 1. The Balaban J connectivity index is 1.94. The van der Waals surface area contributed by atoms with Crippen molar-refractivity contribution in [2.45, 2.75) is 45.3 Å². The largest absolute Gasteiger partial charge is 0.385 e. The zero-order chi connectivity index (χ0) is 14.6. The van der Waals surface area contributed by atoms with Gasteiger partial charge in [-0.2, -0.15) is 0 Å². The molecule has 110 valence electrons. The van der Waals surface area contributed by atoms with Gasteiger partial charge in [0.25, 0.3) is 5.91 Å². The standard InChI is InChI=1S/C16H24N2O2/c1-4-17-13-7-5-12(6-8-13)15(19)18-14-9-10-20-16(2,3)11-14/h5-8,14,17H,4,9-11H2,1-3H3,(H,18,19). The molecule has 4 nitrogen and oxygen atoms in total. The van der Waals surface area contributed by atoms with Crippen LogP contribution in [0.2, 0.25) is 0 Å². The topological polar surface area (TPSA) is 50.4 Å². The first-order valence-corrected chi connectivity index (χ1v) is 7.29. The fourth-order valence-corrected chi connectivity index (χ4v) is 2.57. The maximum atomic E-state index is 12.2. The van der Waals surface area contributed by atoms with E-state index in [1.807, 2.05) is 31.2 Å². The molecule has 20 heavy (non-hydrogen) atoms. The van der Waals surface area contributed by atoms with Gasteiger partial charge in [0.05, 0.1) is 5.60 Å². The Morgan fingerprint density at radius 1 is 1.35 bits per heavy atom. The smallest absolute Gasteiger partial charge is 0.251 e. The molecule has 1 aromatic rings. The van der Waals surface area contributed by atoms with Gasteiger partial charge in [-0.25, -0.2) is 0 Å². The first kappa shape index (κ1) is 14.9. The molecule has 0 aliphatic carbocycles. The second-order valence-electron chi connectivity index (χ2n) is 5.88. The fraction of sp³-hybridized carbons (Fsp3) is 0.562. The van der Waals surface area contributed by atoms with Gasteiger partial charge >= 0.3 is 0 Å². The predicted molar refractivity (Wildman–Crippen MR) is 81.1 cm³/mol. The number of hydrogen-bond donors (Lipinski definition) is 2. The maximum Gasteiger partial charge on any atom is 0.251 e. The summed E-state index contributed by atoms with van der Waals surface area (Å²) in [5, 5.41) is 6.32. The van der Waals surface area contributed by atoms with Gasteiger partial charge in [0.15, 0.2) is 0 Å². The van der Waals surface area contributed by atoms with Crippen LogP contribution in [0.25, 0.3) is 0 Å². The minimum atomic E-state index is -0.148. The van der Waals surface area contributed by atoms with Crippen LogP contribution in [0.1, 0.15) is 44.0 Å². The normalized spacial score (nSPS) is 21.2. The highest BCUT2D eigenvalue weighted by Crippen LogP contribution is 2.24. The molecule has 0 radical (unpaired) electrons. The van der Waals surface area contributed by atoms with E-state index in [1.165, 1.54) is 0 Å². The van der Waals surface area contributed by atoms with Crippen LogP contribution in [0.5, 0.6) is 0 Å². The van der Waals surface area contributed by atoms with Gasteiger partial charge in [0.1, 0.15) is 0 Å². The molecule has 2 rings (SSSR count). The molecule has 1 unspecified atom stereocenters. The first-order valence-electron chi connectivity index (χ1n) is 7.29. The van der Waals surface area contributed by atoms with Gasteiger partial charge in [-0.1, -0.05) is 0 Å². The SMILES string of the molecule is CCNc1ccc(C(=O)NC2CCOC(C)(C)C2)cc1. The lowest BCUT2D eigenvalue weighted by Gasteiger charge is -2.35. The molecule has 1 aromatic carbocycles. The van der Waals surface area contributed by atoms with Gasteiger partial charge in [-0.15, -0.1) is 0 Å². The fourth-order valence-electron chi connectivity index (χ4n) is 2.57. The zero-order valence-electron chi connectivity index (χ0n) is 12.5. The second kappa shape index (κ2) is 6.27. The molecule has 0 saturated carbocycles. The number of rotatable bonds is 4. The van der Waals surface area contributed by atoms with E-state index in [0.29, 0.717) is 12.2 Å². The average Bonchev–Trinajstić information content (AvgIpc) is 2.38. The van der Waals surface area contributed by atoms with Crippen molar-refractivity contribution in [1.29, 1.82) is 0 Å². The van der Waals surface area contributed by atoms with Crippen LogP contribution in [0.3, 0.4) is 0 Å². The number of amides is 1. The van der Waals surface area contributed by atoms with Crippen molar-refractivity contribution in [1.82, 2.24) is 5.32 Å². The number of carbonyl (C=O) groups excluding carboxylic acids is 1. The summed E-state index contributed by atoms with van der Waals surface area (Å²) < 4.78 is 5.67. The third-order valence-corrected chi connectivity index (χ3v) is 3.56. The van der Waals surface area contributed by atoms with Crippen molar-refractivity contribution >= 4 is 11.6 Å². The first-order chi connectivity index (χ1) is 9.50. The van der Waals surface area contributed by atoms with E-state index < -0.39 is 0 Å². The van der Waals surface area contributed by atoms with Crippen LogP contribution < -0.4 is 10.6 Å². The number of ether oxygens (including phenoxy) is 1. The third kappa shape index (κ3) is 3.97. The van der Waals surface area contributed by atoms with E-state index in [9.17, 15) is 4.79 Å². The Morgan fingerprint density at radius 3 is 2.65 bits per heavy atom. The number of hydrogen-bond acceptors (Lipinski definition) is 3. The van der Waals surface area contributed by atoms with Gasteiger partial charge in [-0.3, -0.25) is 4.79 Å². The Bertz CT molecular complexity index is 454. The van der Waals surface area contributed by atoms with E-state index in [2.05, 4.69) is 24.5 Å². The quantitative estimate of drug-likeness (QED) is 0.889. The van der Waals surface area contributed by atoms with Gasteiger partial charge in [-0.05, 0) is 57.9 Å². The molecule has 0 bridgehead atoms. The molecule has 4 heteroatoms. The number of carbonyl (C=O) groups is 1. The Labute approximate surface area is 120 Å². The molecular weight excluding hydrogens is 252 g/mol. The third-order valence-electron chi connectivity index (χ3n) is 3.56. The minimum Gasteiger partial charge on any atom is -0.385 e. The summed E-state index contributed by atoms with van der Waals surface area (Å²) in [6.07, 6.45) is 1.73.